The molecule has 108 valence electrons. The van der Waals surface area contributed by atoms with Crippen LogP contribution >= 0.6 is 11.3 Å². The molecule has 4 heteroatoms. The van der Waals surface area contributed by atoms with E-state index in [2.05, 4.69) is 11.4 Å². The van der Waals surface area contributed by atoms with Crippen LogP contribution in [0.1, 0.15) is 35.4 Å². The first-order valence-corrected chi connectivity index (χ1v) is 8.14. The fourth-order valence-corrected chi connectivity index (χ4v) is 3.32. The molecule has 1 saturated carbocycles. The molecule has 0 atom stereocenters. The zero-order valence-corrected chi connectivity index (χ0v) is 12.7. The Morgan fingerprint density at radius 1 is 1.14 bits per heavy atom. The van der Waals surface area contributed by atoms with E-state index in [1.807, 2.05) is 36.4 Å². The third-order valence-electron chi connectivity index (χ3n) is 3.70. The maximum absolute atomic E-state index is 8.81. The zero-order valence-electron chi connectivity index (χ0n) is 11.8. The lowest BCUT2D eigenvalue weighted by atomic mass is 10.2. The van der Waals surface area contributed by atoms with E-state index in [9.17, 15) is 0 Å². The fourth-order valence-electron chi connectivity index (χ4n) is 2.57. The minimum atomic E-state index is 0.402. The molecule has 1 N–H and O–H groups in total. The second-order valence-corrected chi connectivity index (χ2v) is 6.45. The highest BCUT2D eigenvalue weighted by atomic mass is 32.1. The van der Waals surface area contributed by atoms with Crippen molar-refractivity contribution in [2.24, 2.45) is 0 Å². The first-order valence-electron chi connectivity index (χ1n) is 7.33. The molecule has 2 aromatic rings. The number of anilines is 1. The second kappa shape index (κ2) is 6.64. The summed E-state index contributed by atoms with van der Waals surface area (Å²) in [5.41, 5.74) is 1.07. The summed E-state index contributed by atoms with van der Waals surface area (Å²) in [7, 11) is 0. The van der Waals surface area contributed by atoms with Gasteiger partial charge >= 0.3 is 0 Å². The molecule has 0 spiro atoms. The predicted molar refractivity (Wildman–Crippen MR) is 85.7 cm³/mol. The van der Waals surface area contributed by atoms with Crippen LogP contribution in [0.2, 0.25) is 0 Å². The molecule has 1 aliphatic rings. The van der Waals surface area contributed by atoms with Gasteiger partial charge in [-0.2, -0.15) is 5.26 Å². The number of hydrogen-bond donors (Lipinski definition) is 1. The summed E-state index contributed by atoms with van der Waals surface area (Å²) in [4.78, 5) is 1.92. The molecule has 3 rings (SSSR count). The van der Waals surface area contributed by atoms with E-state index in [0.717, 1.165) is 27.7 Å². The average Bonchev–Trinajstić information content (AvgIpc) is 3.18. The highest BCUT2D eigenvalue weighted by Gasteiger charge is 2.16. The van der Waals surface area contributed by atoms with Crippen LogP contribution in [0.4, 0.5) is 5.69 Å². The monoisotopic (exact) mass is 298 g/mol. The molecule has 1 aromatic carbocycles. The van der Waals surface area contributed by atoms with Crippen molar-refractivity contribution >= 4 is 17.0 Å². The van der Waals surface area contributed by atoms with Crippen LogP contribution < -0.4 is 10.1 Å². The van der Waals surface area contributed by atoms with Crippen LogP contribution in [-0.4, -0.2) is 6.10 Å². The molecule has 0 aliphatic heterocycles. The molecule has 1 heterocycles. The van der Waals surface area contributed by atoms with E-state index >= 15 is 0 Å². The summed E-state index contributed by atoms with van der Waals surface area (Å²) in [6.07, 6.45) is 5.34. The molecule has 21 heavy (non-hydrogen) atoms. The molecule has 1 fully saturated rings. The van der Waals surface area contributed by atoms with Crippen molar-refractivity contribution in [3.63, 3.8) is 0 Å². The van der Waals surface area contributed by atoms with Crippen molar-refractivity contribution in [2.75, 3.05) is 5.32 Å². The minimum Gasteiger partial charge on any atom is -0.490 e. The summed E-state index contributed by atoms with van der Waals surface area (Å²) < 4.78 is 5.95. The normalized spacial score (nSPS) is 14.8. The highest BCUT2D eigenvalue weighted by Crippen LogP contribution is 2.25. The number of nitriles is 1. The van der Waals surface area contributed by atoms with Gasteiger partial charge < -0.3 is 10.1 Å². The minimum absolute atomic E-state index is 0.402. The summed E-state index contributed by atoms with van der Waals surface area (Å²) in [5, 5.41) is 12.2. The topological polar surface area (TPSA) is 45.0 Å². The number of ether oxygens (including phenoxy) is 1. The van der Waals surface area contributed by atoms with Crippen molar-refractivity contribution in [1.29, 1.82) is 5.26 Å². The van der Waals surface area contributed by atoms with Crippen molar-refractivity contribution in [3.8, 4) is 11.8 Å². The average molecular weight is 298 g/mol. The Morgan fingerprint density at radius 2 is 1.90 bits per heavy atom. The van der Waals surface area contributed by atoms with Crippen LogP contribution in [0.15, 0.2) is 36.4 Å². The molecule has 1 aromatic heterocycles. The van der Waals surface area contributed by atoms with E-state index in [1.54, 1.807) is 0 Å². The van der Waals surface area contributed by atoms with Crippen LogP contribution in [0.3, 0.4) is 0 Å². The number of nitrogens with zero attached hydrogens (tertiary/aromatic N) is 1. The van der Waals surface area contributed by atoms with Gasteiger partial charge in [0.15, 0.2) is 0 Å². The number of rotatable bonds is 5. The van der Waals surface area contributed by atoms with E-state index in [0.29, 0.717) is 6.10 Å². The molecule has 0 amide bonds. The van der Waals surface area contributed by atoms with E-state index in [1.165, 1.54) is 37.0 Å². The van der Waals surface area contributed by atoms with Crippen LogP contribution in [0.5, 0.6) is 5.75 Å². The standard InChI is InChI=1S/C17H18N2OS/c18-11-16-9-10-17(21-16)12-19-13-5-7-15(8-6-13)20-14-3-1-2-4-14/h5-10,14,19H,1-4,12H2. The number of nitrogens with one attached hydrogen (secondary N) is 1. The Labute approximate surface area is 129 Å². The summed E-state index contributed by atoms with van der Waals surface area (Å²) in [6.45, 7) is 0.745. The van der Waals surface area contributed by atoms with Gasteiger partial charge in [-0.1, -0.05) is 0 Å². The van der Waals surface area contributed by atoms with Crippen LogP contribution in [0, 0.1) is 11.3 Å². The van der Waals surface area contributed by atoms with Gasteiger partial charge in [-0.05, 0) is 62.1 Å². The SMILES string of the molecule is N#Cc1ccc(CNc2ccc(OC3CCCC3)cc2)s1. The Balaban J connectivity index is 1.53. The van der Waals surface area contributed by atoms with E-state index in [-0.39, 0.29) is 0 Å². The van der Waals surface area contributed by atoms with E-state index in [4.69, 9.17) is 10.00 Å². The number of benzene rings is 1. The molecule has 3 nitrogen and oxygen atoms in total. The molecule has 0 saturated heterocycles. The lowest BCUT2D eigenvalue weighted by Crippen LogP contribution is -2.10. The quantitative estimate of drug-likeness (QED) is 0.880. The van der Waals surface area contributed by atoms with Gasteiger partial charge in [0.1, 0.15) is 16.7 Å². The molecular formula is C17H18N2OS. The van der Waals surface area contributed by atoms with Gasteiger partial charge in [0, 0.05) is 17.1 Å². The smallest absolute Gasteiger partial charge is 0.119 e. The maximum atomic E-state index is 8.81. The first-order chi connectivity index (χ1) is 10.3. The van der Waals surface area contributed by atoms with Crippen molar-refractivity contribution in [2.45, 2.75) is 38.3 Å². The van der Waals surface area contributed by atoms with Crippen molar-refractivity contribution < 1.29 is 4.74 Å². The van der Waals surface area contributed by atoms with Gasteiger partial charge in [0.05, 0.1) is 6.10 Å². The molecule has 0 radical (unpaired) electrons. The van der Waals surface area contributed by atoms with Crippen molar-refractivity contribution in [1.82, 2.24) is 0 Å². The first kappa shape index (κ1) is 14.0. The summed E-state index contributed by atoms with van der Waals surface area (Å²) >= 11 is 1.53. The fraction of sp³-hybridized carbons (Fsp3) is 0.353. The third-order valence-corrected chi connectivity index (χ3v) is 4.69. The maximum Gasteiger partial charge on any atom is 0.119 e. The third kappa shape index (κ3) is 3.77. The van der Waals surface area contributed by atoms with E-state index < -0.39 is 0 Å². The van der Waals surface area contributed by atoms with Crippen LogP contribution in [-0.2, 0) is 6.54 Å². The molecule has 0 bridgehead atoms. The Kier molecular flexibility index (Phi) is 4.42. The van der Waals surface area contributed by atoms with Gasteiger partial charge in [-0.15, -0.1) is 11.3 Å². The highest BCUT2D eigenvalue weighted by molar-refractivity contribution is 7.12. The Morgan fingerprint density at radius 3 is 2.57 bits per heavy atom. The lowest BCUT2D eigenvalue weighted by Gasteiger charge is -2.13. The number of thiophene rings is 1. The predicted octanol–water partition coefficient (Wildman–Crippen LogP) is 4.55. The number of hydrogen-bond acceptors (Lipinski definition) is 4. The van der Waals surface area contributed by atoms with Gasteiger partial charge in [-0.3, -0.25) is 0 Å². The zero-order chi connectivity index (χ0) is 14.5. The Hall–Kier alpha value is -1.99. The lowest BCUT2D eigenvalue weighted by molar-refractivity contribution is 0.210. The molecular weight excluding hydrogens is 280 g/mol. The molecule has 1 aliphatic carbocycles. The Bertz CT molecular complexity index is 621. The second-order valence-electron chi connectivity index (χ2n) is 5.28. The largest absolute Gasteiger partial charge is 0.490 e. The molecule has 0 unspecified atom stereocenters. The van der Waals surface area contributed by atoms with Gasteiger partial charge in [0.25, 0.3) is 0 Å². The summed E-state index contributed by atoms with van der Waals surface area (Å²) in [5.74, 6) is 0.954. The van der Waals surface area contributed by atoms with Crippen molar-refractivity contribution in [3.05, 3.63) is 46.2 Å². The van der Waals surface area contributed by atoms with Crippen LogP contribution in [0.25, 0.3) is 0 Å². The van der Waals surface area contributed by atoms with Gasteiger partial charge in [-0.25, -0.2) is 0 Å². The summed E-state index contributed by atoms with van der Waals surface area (Å²) in [6, 6.07) is 14.2. The van der Waals surface area contributed by atoms with Gasteiger partial charge in [0.2, 0.25) is 0 Å².